The number of hydrogen-bond donors (Lipinski definition) is 1. The van der Waals surface area contributed by atoms with Gasteiger partial charge in [0, 0.05) is 10.0 Å². The Bertz CT molecular complexity index is 1380. The molecular formula is C28H32Cl2F3NO6S. The first-order valence-electron chi connectivity index (χ1n) is 12.8. The van der Waals surface area contributed by atoms with Gasteiger partial charge >= 0.3 is 12.1 Å². The molecule has 4 atom stereocenters. The van der Waals surface area contributed by atoms with Gasteiger partial charge < -0.3 is 14.7 Å². The number of halogens is 5. The molecule has 0 unspecified atom stereocenters. The van der Waals surface area contributed by atoms with Gasteiger partial charge in [-0.3, -0.25) is 9.59 Å². The quantitative estimate of drug-likeness (QED) is 0.325. The second-order valence-corrected chi connectivity index (χ2v) is 14.7. The molecule has 13 heteroatoms. The molecule has 41 heavy (non-hydrogen) atoms. The van der Waals surface area contributed by atoms with Gasteiger partial charge in [0.1, 0.15) is 6.10 Å². The van der Waals surface area contributed by atoms with Crippen LogP contribution in [-0.2, 0) is 24.2 Å². The molecule has 226 valence electrons. The summed E-state index contributed by atoms with van der Waals surface area (Å²) in [6.07, 6.45) is -8.78. The molecule has 0 saturated carbocycles. The van der Waals surface area contributed by atoms with Gasteiger partial charge in [-0.2, -0.15) is 13.2 Å². The van der Waals surface area contributed by atoms with Crippen LogP contribution in [0.2, 0.25) is 10.0 Å². The van der Waals surface area contributed by atoms with Crippen molar-refractivity contribution in [3.63, 3.8) is 0 Å². The highest BCUT2D eigenvalue weighted by atomic mass is 35.5. The minimum absolute atomic E-state index is 0.205. The third-order valence-corrected chi connectivity index (χ3v) is 10.3. The molecular weight excluding hydrogens is 606 g/mol. The zero-order chi connectivity index (χ0) is 31.0. The minimum atomic E-state index is -4.87. The molecule has 2 aromatic rings. The van der Waals surface area contributed by atoms with E-state index in [9.17, 15) is 36.3 Å². The Kier molecular flexibility index (Phi) is 9.79. The molecule has 2 aromatic carbocycles. The average molecular weight is 639 g/mol. The highest BCUT2D eigenvalue weighted by Crippen LogP contribution is 2.50. The zero-order valence-electron chi connectivity index (χ0n) is 22.9. The summed E-state index contributed by atoms with van der Waals surface area (Å²) in [5.41, 5.74) is -1.41. The number of amides is 1. The van der Waals surface area contributed by atoms with E-state index in [0.717, 1.165) is 4.90 Å². The van der Waals surface area contributed by atoms with Crippen LogP contribution in [0.25, 0.3) is 0 Å². The fourth-order valence-corrected chi connectivity index (χ4v) is 6.53. The van der Waals surface area contributed by atoms with E-state index in [-0.39, 0.29) is 11.4 Å². The summed E-state index contributed by atoms with van der Waals surface area (Å²) in [6.45, 7) is 5.57. The normalized spacial score (nSPS) is 23.0. The van der Waals surface area contributed by atoms with Crippen molar-refractivity contribution in [2.75, 3.05) is 5.75 Å². The van der Waals surface area contributed by atoms with Crippen molar-refractivity contribution in [2.24, 2.45) is 0 Å². The number of hydrogen-bond acceptors (Lipinski definition) is 5. The van der Waals surface area contributed by atoms with Gasteiger partial charge in [-0.25, -0.2) is 8.42 Å². The highest BCUT2D eigenvalue weighted by molar-refractivity contribution is 7.92. The Morgan fingerprint density at radius 3 is 2.17 bits per heavy atom. The van der Waals surface area contributed by atoms with Gasteiger partial charge in [0.15, 0.2) is 15.4 Å². The van der Waals surface area contributed by atoms with Crippen LogP contribution in [0.15, 0.2) is 48.5 Å². The minimum Gasteiger partial charge on any atom is -0.481 e. The first kappa shape index (κ1) is 33.2. The lowest BCUT2D eigenvalue weighted by molar-refractivity contribution is -0.216. The summed E-state index contributed by atoms with van der Waals surface area (Å²) in [5, 5.41) is 10.3. The summed E-state index contributed by atoms with van der Waals surface area (Å²) >= 11 is 12.3. The van der Waals surface area contributed by atoms with Crippen molar-refractivity contribution < 1.29 is 41.0 Å². The molecule has 1 aliphatic rings. The van der Waals surface area contributed by atoms with E-state index in [1.165, 1.54) is 58.0 Å². The SMILES string of the molecule is CC[C@@]1(CC(=O)O)O[C@H](c2cccc(Cl)c2)[C@@H](c2ccc(Cl)cc2)N([C@@H](CC(F)(F)F)CS(=O)(=O)C(C)(C)C)C1=O. The Morgan fingerprint density at radius 2 is 1.68 bits per heavy atom. The molecule has 0 aromatic heterocycles. The Hall–Kier alpha value is -2.34. The number of carboxylic acids is 1. The van der Waals surface area contributed by atoms with Gasteiger partial charge in [-0.1, -0.05) is 54.4 Å². The molecule has 0 bridgehead atoms. The predicted octanol–water partition coefficient (Wildman–Crippen LogP) is 6.79. The smallest absolute Gasteiger partial charge is 0.391 e. The topological polar surface area (TPSA) is 101 Å². The van der Waals surface area contributed by atoms with Crippen molar-refractivity contribution in [1.29, 1.82) is 0 Å². The largest absolute Gasteiger partial charge is 0.481 e. The molecule has 1 heterocycles. The van der Waals surface area contributed by atoms with Crippen LogP contribution < -0.4 is 0 Å². The summed E-state index contributed by atoms with van der Waals surface area (Å²) < 4.78 is 73.8. The van der Waals surface area contributed by atoms with E-state index in [1.54, 1.807) is 18.2 Å². The first-order chi connectivity index (χ1) is 18.8. The Morgan fingerprint density at radius 1 is 1.07 bits per heavy atom. The lowest BCUT2D eigenvalue weighted by Gasteiger charge is -2.52. The van der Waals surface area contributed by atoms with E-state index in [4.69, 9.17) is 27.9 Å². The number of morpholine rings is 1. The van der Waals surface area contributed by atoms with Crippen LogP contribution in [0.4, 0.5) is 13.2 Å². The number of nitrogens with zero attached hydrogens (tertiary/aromatic N) is 1. The van der Waals surface area contributed by atoms with Crippen LogP contribution in [-0.4, -0.2) is 58.6 Å². The van der Waals surface area contributed by atoms with Crippen molar-refractivity contribution >= 4 is 44.9 Å². The molecule has 1 amide bonds. The third kappa shape index (κ3) is 7.55. The number of carbonyl (C=O) groups is 2. The molecule has 1 aliphatic heterocycles. The Balaban J connectivity index is 2.38. The molecule has 0 aliphatic carbocycles. The average Bonchev–Trinajstić information content (AvgIpc) is 2.83. The van der Waals surface area contributed by atoms with Gasteiger partial charge in [-0.05, 0) is 62.6 Å². The number of sulfone groups is 1. The molecule has 1 saturated heterocycles. The number of carboxylic acid groups (broad SMARTS) is 1. The van der Waals surface area contributed by atoms with Gasteiger partial charge in [0.25, 0.3) is 5.91 Å². The van der Waals surface area contributed by atoms with Crippen LogP contribution >= 0.6 is 23.2 Å². The van der Waals surface area contributed by atoms with Crippen LogP contribution in [0.5, 0.6) is 0 Å². The summed E-state index contributed by atoms with van der Waals surface area (Å²) in [6, 6.07) is 9.06. The molecule has 1 fully saturated rings. The second-order valence-electron chi connectivity index (χ2n) is 11.1. The predicted molar refractivity (Wildman–Crippen MR) is 150 cm³/mol. The number of ether oxygens (including phenoxy) is 1. The zero-order valence-corrected chi connectivity index (χ0v) is 25.2. The lowest BCUT2D eigenvalue weighted by atomic mass is 9.84. The van der Waals surface area contributed by atoms with Gasteiger partial charge in [-0.15, -0.1) is 0 Å². The maximum Gasteiger partial charge on any atom is 0.391 e. The number of carbonyl (C=O) groups excluding carboxylic acids is 1. The molecule has 1 N–H and O–H groups in total. The highest BCUT2D eigenvalue weighted by Gasteiger charge is 2.57. The van der Waals surface area contributed by atoms with Gasteiger partial charge in [0.2, 0.25) is 0 Å². The van der Waals surface area contributed by atoms with E-state index in [1.807, 2.05) is 0 Å². The molecule has 0 radical (unpaired) electrons. The monoisotopic (exact) mass is 637 g/mol. The van der Waals surface area contributed by atoms with Crippen molar-refractivity contribution in [3.05, 3.63) is 69.7 Å². The fraction of sp³-hybridized carbons (Fsp3) is 0.500. The maximum absolute atomic E-state index is 14.3. The van der Waals surface area contributed by atoms with Gasteiger partial charge in [0.05, 0.1) is 35.4 Å². The van der Waals surface area contributed by atoms with E-state index < -0.39 is 75.0 Å². The number of aliphatic carboxylic acids is 1. The van der Waals surface area contributed by atoms with Crippen LogP contribution in [0.1, 0.15) is 70.2 Å². The first-order valence-corrected chi connectivity index (χ1v) is 15.2. The summed E-state index contributed by atoms with van der Waals surface area (Å²) in [5.74, 6) is -3.47. The molecule has 0 spiro atoms. The van der Waals surface area contributed by atoms with Crippen molar-refractivity contribution in [1.82, 2.24) is 4.90 Å². The number of rotatable bonds is 9. The van der Waals surface area contributed by atoms with E-state index >= 15 is 0 Å². The van der Waals surface area contributed by atoms with Crippen molar-refractivity contribution in [3.8, 4) is 0 Å². The summed E-state index contributed by atoms with van der Waals surface area (Å²) in [7, 11) is -4.20. The third-order valence-electron chi connectivity index (χ3n) is 7.17. The number of alkyl halides is 3. The van der Waals surface area contributed by atoms with Crippen molar-refractivity contribution in [2.45, 2.75) is 81.7 Å². The van der Waals surface area contributed by atoms with Crippen LogP contribution in [0, 0.1) is 0 Å². The second kappa shape index (κ2) is 12.1. The van der Waals surface area contributed by atoms with E-state index in [0.29, 0.717) is 16.1 Å². The number of benzene rings is 2. The molecule has 3 rings (SSSR count). The van der Waals surface area contributed by atoms with E-state index in [2.05, 4.69) is 0 Å². The fourth-order valence-electron chi connectivity index (χ4n) is 4.92. The Labute approximate surface area is 247 Å². The molecule has 7 nitrogen and oxygen atoms in total. The van der Waals surface area contributed by atoms with Crippen LogP contribution in [0.3, 0.4) is 0 Å². The lowest BCUT2D eigenvalue weighted by Crippen LogP contribution is -2.63. The standard InChI is InChI=1S/C28H32Cl2F3NO6S/c1-5-27(15-22(35)36)25(37)34(21(14-28(31,32)33)16-41(38,39)26(2,3)4)23(17-9-11-19(29)12-10-17)24(40-27)18-7-6-8-20(30)13-18/h6-13,21,23-24H,5,14-16H2,1-4H3,(H,35,36)/t21-,23+,24+,27-/m0/s1. The summed E-state index contributed by atoms with van der Waals surface area (Å²) in [4.78, 5) is 27.1. The maximum atomic E-state index is 14.3.